The molecule has 2 aromatic carbocycles. The van der Waals surface area contributed by atoms with Crippen molar-refractivity contribution in [2.24, 2.45) is 0 Å². The van der Waals surface area contributed by atoms with Crippen LogP contribution in [0.25, 0.3) is 28.5 Å². The third-order valence-electron chi connectivity index (χ3n) is 5.73. The predicted octanol–water partition coefficient (Wildman–Crippen LogP) is 6.16. The van der Waals surface area contributed by atoms with E-state index >= 15 is 0 Å². The molecule has 6 nitrogen and oxygen atoms in total. The molecule has 3 aromatic rings. The molecular formula is C27H29FNO5P. The first-order valence-corrected chi connectivity index (χ1v) is 13.1. The number of aliphatic hydroxyl groups excluding tert-OH is 1. The Hall–Kier alpha value is -3.12. The number of aromatic nitrogens is 1. The van der Waals surface area contributed by atoms with Crippen LogP contribution in [0, 0.1) is 12.7 Å². The van der Waals surface area contributed by atoms with E-state index in [-0.39, 0.29) is 12.0 Å². The van der Waals surface area contributed by atoms with E-state index in [0.717, 1.165) is 33.6 Å². The number of halogens is 1. The summed E-state index contributed by atoms with van der Waals surface area (Å²) < 4.78 is 32.2. The molecule has 2 atom stereocenters. The van der Waals surface area contributed by atoms with E-state index in [0.29, 0.717) is 12.0 Å². The van der Waals surface area contributed by atoms with Gasteiger partial charge in [-0.2, -0.15) is 0 Å². The Morgan fingerprint density at radius 3 is 2.37 bits per heavy atom. The number of hydrogen-bond acceptors (Lipinski definition) is 5. The molecule has 0 aliphatic rings. The number of nitrogens with zero attached hydrogens (tertiary/aromatic N) is 1. The smallest absolute Gasteiger partial charge is 0.305 e. The Morgan fingerprint density at radius 2 is 1.80 bits per heavy atom. The monoisotopic (exact) mass is 497 g/mol. The second-order valence-electron chi connectivity index (χ2n) is 8.21. The second kappa shape index (κ2) is 11.5. The minimum absolute atomic E-state index is 0.325. The Balaban J connectivity index is 2.19. The van der Waals surface area contributed by atoms with Crippen LogP contribution < -0.4 is 0 Å². The molecule has 35 heavy (non-hydrogen) atoms. The van der Waals surface area contributed by atoms with Crippen LogP contribution in [0.5, 0.6) is 0 Å². The van der Waals surface area contributed by atoms with Crippen LogP contribution in [0.3, 0.4) is 0 Å². The molecule has 0 saturated heterocycles. The topological polar surface area (TPSA) is 96.7 Å². The van der Waals surface area contributed by atoms with Crippen LogP contribution in [0.15, 0.2) is 60.4 Å². The average Bonchev–Trinajstić information content (AvgIpc) is 2.83. The van der Waals surface area contributed by atoms with Crippen LogP contribution in [-0.4, -0.2) is 40.5 Å². The Bertz CT molecular complexity index is 1260. The van der Waals surface area contributed by atoms with Gasteiger partial charge in [0.2, 0.25) is 7.37 Å². The molecule has 1 heterocycles. The Kier molecular flexibility index (Phi) is 8.73. The molecule has 0 bridgehead atoms. The summed E-state index contributed by atoms with van der Waals surface area (Å²) in [4.78, 5) is 15.8. The molecule has 8 heteroatoms. The molecule has 0 aliphatic heterocycles. The van der Waals surface area contributed by atoms with Crippen LogP contribution in [0.1, 0.15) is 30.2 Å². The third-order valence-corrected chi connectivity index (χ3v) is 7.88. The summed E-state index contributed by atoms with van der Waals surface area (Å²) in [6.07, 6.45) is 0.0604. The van der Waals surface area contributed by atoms with Gasteiger partial charge in [-0.1, -0.05) is 49.4 Å². The van der Waals surface area contributed by atoms with Crippen molar-refractivity contribution in [3.8, 4) is 22.4 Å². The first-order valence-electron chi connectivity index (χ1n) is 11.3. The van der Waals surface area contributed by atoms with Gasteiger partial charge in [-0.05, 0) is 48.2 Å². The highest BCUT2D eigenvalue weighted by molar-refractivity contribution is 7.62. The van der Waals surface area contributed by atoms with Gasteiger partial charge >= 0.3 is 5.97 Å². The van der Waals surface area contributed by atoms with Crippen molar-refractivity contribution in [2.75, 3.05) is 13.3 Å². The van der Waals surface area contributed by atoms with Crippen molar-refractivity contribution >= 4 is 19.4 Å². The van der Waals surface area contributed by atoms with E-state index in [4.69, 9.17) is 14.6 Å². The molecule has 3 rings (SSSR count). The van der Waals surface area contributed by atoms with Gasteiger partial charge in [0.25, 0.3) is 0 Å². The number of aryl methyl sites for hydroxylation is 1. The number of pyridine rings is 1. The second-order valence-corrected chi connectivity index (χ2v) is 10.7. The lowest BCUT2D eigenvalue weighted by atomic mass is 9.90. The van der Waals surface area contributed by atoms with Crippen molar-refractivity contribution in [3.05, 3.63) is 83.1 Å². The fourth-order valence-electron chi connectivity index (χ4n) is 4.00. The predicted molar refractivity (Wildman–Crippen MR) is 136 cm³/mol. The molecule has 0 spiro atoms. The Morgan fingerprint density at radius 1 is 1.14 bits per heavy atom. The van der Waals surface area contributed by atoms with Crippen molar-refractivity contribution in [2.45, 2.75) is 32.8 Å². The summed E-state index contributed by atoms with van der Waals surface area (Å²) in [5, 5.41) is 19.0. The van der Waals surface area contributed by atoms with Gasteiger partial charge < -0.3 is 14.7 Å². The summed E-state index contributed by atoms with van der Waals surface area (Å²) in [5.41, 5.74) is 5.67. The van der Waals surface area contributed by atoms with Crippen LogP contribution in [0.2, 0.25) is 0 Å². The molecule has 0 amide bonds. The lowest BCUT2D eigenvalue weighted by Gasteiger charge is -2.19. The SMILES string of the molecule is CCc1nc(-c2ccccc2)c(C)c(-c2ccc(F)cc2)c1C=CP(=O)(C[C@@H](O)CC(=O)O)OC. The van der Waals surface area contributed by atoms with E-state index in [9.17, 15) is 18.9 Å². The van der Waals surface area contributed by atoms with E-state index in [1.807, 2.05) is 44.2 Å². The number of carbonyl (C=O) groups is 1. The number of carboxylic acid groups (broad SMARTS) is 1. The van der Waals surface area contributed by atoms with Crippen LogP contribution in [0.4, 0.5) is 4.39 Å². The summed E-state index contributed by atoms with van der Waals surface area (Å²) >= 11 is 0. The number of rotatable bonds is 10. The van der Waals surface area contributed by atoms with Crippen molar-refractivity contribution in [1.29, 1.82) is 0 Å². The fraction of sp³-hybridized carbons (Fsp3) is 0.259. The number of aliphatic carboxylic acids is 1. The zero-order valence-electron chi connectivity index (χ0n) is 19.9. The number of carboxylic acids is 1. The minimum Gasteiger partial charge on any atom is -0.481 e. The van der Waals surface area contributed by atoms with Gasteiger partial charge in [0.05, 0.1) is 24.4 Å². The highest BCUT2D eigenvalue weighted by Crippen LogP contribution is 2.50. The third kappa shape index (κ3) is 6.51. The van der Waals surface area contributed by atoms with Gasteiger partial charge in [-0.15, -0.1) is 0 Å². The van der Waals surface area contributed by atoms with Gasteiger partial charge in [-0.25, -0.2) is 4.39 Å². The molecule has 0 radical (unpaired) electrons. The summed E-state index contributed by atoms with van der Waals surface area (Å²) in [6.45, 7) is 3.90. The molecule has 184 valence electrons. The van der Waals surface area contributed by atoms with E-state index in [1.165, 1.54) is 25.1 Å². The summed E-state index contributed by atoms with van der Waals surface area (Å²) in [5.74, 6) is -0.150. The molecule has 0 saturated carbocycles. The normalized spacial score (nSPS) is 14.1. The van der Waals surface area contributed by atoms with Gasteiger partial charge in [0, 0.05) is 29.7 Å². The highest BCUT2D eigenvalue weighted by Gasteiger charge is 2.25. The zero-order chi connectivity index (χ0) is 25.6. The Labute approximate surface area is 204 Å². The quantitative estimate of drug-likeness (QED) is 0.326. The van der Waals surface area contributed by atoms with E-state index in [2.05, 4.69) is 0 Å². The molecule has 1 unspecified atom stereocenters. The average molecular weight is 498 g/mol. The van der Waals surface area contributed by atoms with E-state index in [1.54, 1.807) is 18.2 Å². The standard InChI is InChI=1S/C27H29FNO5P/c1-4-24-23(14-15-35(33,34-3)17-22(30)16-25(31)32)26(19-10-12-21(28)13-11-19)18(2)27(29-24)20-8-6-5-7-9-20/h5-15,22,30H,4,16-17H2,1-3H3,(H,31,32)/t22-,35?/m0/s1. The largest absolute Gasteiger partial charge is 0.481 e. The first kappa shape index (κ1) is 26.5. The number of aliphatic hydroxyl groups is 1. The van der Waals surface area contributed by atoms with Gasteiger partial charge in [0.1, 0.15) is 5.82 Å². The molecule has 2 N–H and O–H groups in total. The van der Waals surface area contributed by atoms with Crippen molar-refractivity contribution in [1.82, 2.24) is 4.98 Å². The first-order chi connectivity index (χ1) is 16.7. The minimum atomic E-state index is -3.49. The lowest BCUT2D eigenvalue weighted by Crippen LogP contribution is -2.17. The maximum absolute atomic E-state index is 13.7. The molecule has 1 aromatic heterocycles. The number of hydrogen-bond donors (Lipinski definition) is 2. The van der Waals surface area contributed by atoms with Crippen molar-refractivity contribution in [3.63, 3.8) is 0 Å². The molecule has 0 aliphatic carbocycles. The summed E-state index contributed by atoms with van der Waals surface area (Å²) in [6, 6.07) is 15.9. The summed E-state index contributed by atoms with van der Waals surface area (Å²) in [7, 11) is -2.23. The van der Waals surface area contributed by atoms with Crippen molar-refractivity contribution < 1.29 is 28.5 Å². The lowest BCUT2D eigenvalue weighted by molar-refractivity contribution is -0.138. The zero-order valence-corrected chi connectivity index (χ0v) is 20.8. The number of benzene rings is 2. The van der Waals surface area contributed by atoms with E-state index < -0.39 is 25.9 Å². The maximum atomic E-state index is 13.7. The highest BCUT2D eigenvalue weighted by atomic mass is 31.2. The molecular weight excluding hydrogens is 468 g/mol. The maximum Gasteiger partial charge on any atom is 0.305 e. The fourth-order valence-corrected chi connectivity index (χ4v) is 5.49. The molecule has 0 fully saturated rings. The van der Waals surface area contributed by atoms with Crippen LogP contribution >= 0.6 is 7.37 Å². The van der Waals surface area contributed by atoms with Gasteiger partial charge in [0.15, 0.2) is 0 Å². The van der Waals surface area contributed by atoms with Crippen LogP contribution in [-0.2, 0) is 20.3 Å². The van der Waals surface area contributed by atoms with Gasteiger partial charge in [-0.3, -0.25) is 14.3 Å².